The molecule has 1 saturated carbocycles. The zero-order valence-electron chi connectivity index (χ0n) is 11.7. The van der Waals surface area contributed by atoms with Gasteiger partial charge < -0.3 is 10.5 Å². The summed E-state index contributed by atoms with van der Waals surface area (Å²) in [5.41, 5.74) is 7.51. The van der Waals surface area contributed by atoms with Gasteiger partial charge in [0.05, 0.1) is 11.7 Å². The van der Waals surface area contributed by atoms with Crippen LogP contribution in [0.4, 0.5) is 0 Å². The fourth-order valence-electron chi connectivity index (χ4n) is 2.77. The SMILES string of the molecule is CC(C)(C)OC1CC(c2ccccc2)CCC1N. The van der Waals surface area contributed by atoms with Gasteiger partial charge in [-0.2, -0.15) is 0 Å². The van der Waals surface area contributed by atoms with Crippen molar-refractivity contribution in [1.82, 2.24) is 0 Å². The molecule has 1 aromatic carbocycles. The van der Waals surface area contributed by atoms with E-state index in [9.17, 15) is 0 Å². The largest absolute Gasteiger partial charge is 0.371 e. The molecule has 0 heterocycles. The van der Waals surface area contributed by atoms with Gasteiger partial charge in [0.25, 0.3) is 0 Å². The molecule has 1 aromatic rings. The van der Waals surface area contributed by atoms with Crippen LogP contribution in [0.1, 0.15) is 51.5 Å². The minimum Gasteiger partial charge on any atom is -0.371 e. The highest BCUT2D eigenvalue weighted by atomic mass is 16.5. The van der Waals surface area contributed by atoms with Crippen molar-refractivity contribution in [2.75, 3.05) is 0 Å². The van der Waals surface area contributed by atoms with E-state index in [1.54, 1.807) is 0 Å². The van der Waals surface area contributed by atoms with E-state index in [0.29, 0.717) is 5.92 Å². The van der Waals surface area contributed by atoms with Crippen molar-refractivity contribution < 1.29 is 4.74 Å². The maximum Gasteiger partial charge on any atom is 0.0738 e. The number of benzene rings is 1. The molecular formula is C16H25NO. The molecule has 1 fully saturated rings. The molecule has 0 amide bonds. The standard InChI is InChI=1S/C16H25NO/c1-16(2,3)18-15-11-13(9-10-14(15)17)12-7-5-4-6-8-12/h4-8,13-15H,9-11,17H2,1-3H3. The molecule has 0 saturated heterocycles. The van der Waals surface area contributed by atoms with Gasteiger partial charge in [-0.05, 0) is 51.5 Å². The van der Waals surface area contributed by atoms with Crippen LogP contribution in [0.25, 0.3) is 0 Å². The molecule has 18 heavy (non-hydrogen) atoms. The Morgan fingerprint density at radius 3 is 2.39 bits per heavy atom. The van der Waals surface area contributed by atoms with Crippen LogP contribution in [-0.2, 0) is 4.74 Å². The second kappa shape index (κ2) is 5.41. The Morgan fingerprint density at radius 1 is 1.11 bits per heavy atom. The zero-order valence-corrected chi connectivity index (χ0v) is 11.7. The molecule has 0 bridgehead atoms. The molecule has 0 spiro atoms. The first-order valence-electron chi connectivity index (χ1n) is 6.94. The lowest BCUT2D eigenvalue weighted by molar-refractivity contribution is -0.0844. The summed E-state index contributed by atoms with van der Waals surface area (Å²) in [5, 5.41) is 0. The zero-order chi connectivity index (χ0) is 13.2. The second-order valence-corrected chi connectivity index (χ2v) is 6.35. The van der Waals surface area contributed by atoms with E-state index in [1.807, 2.05) is 0 Å². The van der Waals surface area contributed by atoms with Gasteiger partial charge in [-0.15, -0.1) is 0 Å². The smallest absolute Gasteiger partial charge is 0.0738 e. The summed E-state index contributed by atoms with van der Waals surface area (Å²) in [6.07, 6.45) is 3.46. The van der Waals surface area contributed by atoms with Gasteiger partial charge in [-0.25, -0.2) is 0 Å². The van der Waals surface area contributed by atoms with E-state index < -0.39 is 0 Å². The molecule has 0 aliphatic heterocycles. The molecule has 2 heteroatoms. The molecule has 3 atom stereocenters. The maximum absolute atomic E-state index is 6.20. The van der Waals surface area contributed by atoms with E-state index in [2.05, 4.69) is 51.1 Å². The Hall–Kier alpha value is -0.860. The topological polar surface area (TPSA) is 35.2 Å². The van der Waals surface area contributed by atoms with Gasteiger partial charge >= 0.3 is 0 Å². The lowest BCUT2D eigenvalue weighted by atomic mass is 9.80. The van der Waals surface area contributed by atoms with Crippen LogP contribution >= 0.6 is 0 Å². The van der Waals surface area contributed by atoms with E-state index in [0.717, 1.165) is 12.8 Å². The molecule has 0 radical (unpaired) electrons. The first kappa shape index (κ1) is 13.6. The van der Waals surface area contributed by atoms with Crippen molar-refractivity contribution in [1.29, 1.82) is 0 Å². The van der Waals surface area contributed by atoms with Gasteiger partial charge in [0.15, 0.2) is 0 Å². The summed E-state index contributed by atoms with van der Waals surface area (Å²) >= 11 is 0. The number of rotatable bonds is 2. The van der Waals surface area contributed by atoms with Crippen LogP contribution in [0.2, 0.25) is 0 Å². The molecule has 2 rings (SSSR count). The van der Waals surface area contributed by atoms with E-state index in [4.69, 9.17) is 10.5 Å². The minimum atomic E-state index is -0.110. The monoisotopic (exact) mass is 247 g/mol. The Morgan fingerprint density at radius 2 is 1.78 bits per heavy atom. The van der Waals surface area contributed by atoms with Gasteiger partial charge in [-0.1, -0.05) is 30.3 Å². The van der Waals surface area contributed by atoms with Crippen molar-refractivity contribution in [2.45, 2.75) is 63.7 Å². The highest BCUT2D eigenvalue weighted by Crippen LogP contribution is 2.35. The van der Waals surface area contributed by atoms with Crippen LogP contribution in [0, 0.1) is 0 Å². The normalized spacial score (nSPS) is 29.2. The Balaban J connectivity index is 2.05. The van der Waals surface area contributed by atoms with E-state index in [1.165, 1.54) is 12.0 Å². The predicted octanol–water partition coefficient (Wildman–Crippen LogP) is 3.47. The van der Waals surface area contributed by atoms with Gasteiger partial charge in [0, 0.05) is 6.04 Å². The van der Waals surface area contributed by atoms with Gasteiger partial charge in [-0.3, -0.25) is 0 Å². The first-order chi connectivity index (χ1) is 8.46. The molecule has 3 unspecified atom stereocenters. The van der Waals surface area contributed by atoms with E-state index >= 15 is 0 Å². The summed E-state index contributed by atoms with van der Waals surface area (Å²) in [7, 11) is 0. The van der Waals surface area contributed by atoms with Crippen LogP contribution in [-0.4, -0.2) is 17.7 Å². The third-order valence-electron chi connectivity index (χ3n) is 3.62. The average molecular weight is 247 g/mol. The molecule has 1 aliphatic carbocycles. The maximum atomic E-state index is 6.20. The van der Waals surface area contributed by atoms with E-state index in [-0.39, 0.29) is 17.7 Å². The number of nitrogens with two attached hydrogens (primary N) is 1. The summed E-state index contributed by atoms with van der Waals surface area (Å²) in [5.74, 6) is 0.596. The van der Waals surface area contributed by atoms with Crippen molar-refractivity contribution in [3.63, 3.8) is 0 Å². The number of hydrogen-bond acceptors (Lipinski definition) is 2. The third-order valence-corrected chi connectivity index (χ3v) is 3.62. The average Bonchev–Trinajstić information content (AvgIpc) is 2.31. The quantitative estimate of drug-likeness (QED) is 0.868. The summed E-state index contributed by atoms with van der Waals surface area (Å²) in [4.78, 5) is 0. The molecule has 2 N–H and O–H groups in total. The highest BCUT2D eigenvalue weighted by Gasteiger charge is 2.32. The fourth-order valence-corrected chi connectivity index (χ4v) is 2.77. The van der Waals surface area contributed by atoms with Gasteiger partial charge in [0.2, 0.25) is 0 Å². The molecule has 1 aliphatic rings. The van der Waals surface area contributed by atoms with Crippen LogP contribution < -0.4 is 5.73 Å². The first-order valence-corrected chi connectivity index (χ1v) is 6.94. The van der Waals surface area contributed by atoms with Crippen molar-refractivity contribution in [2.24, 2.45) is 5.73 Å². The highest BCUT2D eigenvalue weighted by molar-refractivity contribution is 5.20. The van der Waals surface area contributed by atoms with Crippen LogP contribution in [0.5, 0.6) is 0 Å². The van der Waals surface area contributed by atoms with Crippen LogP contribution in [0.15, 0.2) is 30.3 Å². The molecule has 2 nitrogen and oxygen atoms in total. The summed E-state index contributed by atoms with van der Waals surface area (Å²) in [6.45, 7) is 6.31. The van der Waals surface area contributed by atoms with Crippen molar-refractivity contribution in [3.05, 3.63) is 35.9 Å². The lowest BCUT2D eigenvalue weighted by Gasteiger charge is -2.38. The molecular weight excluding hydrogens is 222 g/mol. The third kappa shape index (κ3) is 3.56. The van der Waals surface area contributed by atoms with Crippen molar-refractivity contribution >= 4 is 0 Å². The molecule has 100 valence electrons. The van der Waals surface area contributed by atoms with Crippen LogP contribution in [0.3, 0.4) is 0 Å². The Kier molecular flexibility index (Phi) is 4.08. The predicted molar refractivity (Wildman–Crippen MR) is 75.6 cm³/mol. The fraction of sp³-hybridized carbons (Fsp3) is 0.625. The van der Waals surface area contributed by atoms with Crippen molar-refractivity contribution in [3.8, 4) is 0 Å². The summed E-state index contributed by atoms with van der Waals surface area (Å²) < 4.78 is 6.12. The molecule has 0 aromatic heterocycles. The Bertz CT molecular complexity index is 368. The Labute approximate surface area is 111 Å². The van der Waals surface area contributed by atoms with Gasteiger partial charge in [0.1, 0.15) is 0 Å². The second-order valence-electron chi connectivity index (χ2n) is 6.35. The summed E-state index contributed by atoms with van der Waals surface area (Å²) in [6, 6.07) is 10.9. The lowest BCUT2D eigenvalue weighted by Crippen LogP contribution is -2.45. The number of ether oxygens (including phenoxy) is 1. The number of hydrogen-bond donors (Lipinski definition) is 1. The minimum absolute atomic E-state index is 0.110.